The van der Waals surface area contributed by atoms with Gasteiger partial charge in [-0.3, -0.25) is 24.0 Å². The van der Waals surface area contributed by atoms with Crippen LogP contribution in [0.3, 0.4) is 0 Å². The molecule has 9 nitrogen and oxygen atoms in total. The van der Waals surface area contributed by atoms with Gasteiger partial charge in [0.2, 0.25) is 0 Å². The van der Waals surface area contributed by atoms with E-state index >= 15 is 0 Å². The van der Waals surface area contributed by atoms with Crippen molar-refractivity contribution in [3.8, 4) is 5.75 Å². The molecule has 1 N–H and O–H groups in total. The molecular weight excluding hydrogens is 422 g/mol. The van der Waals surface area contributed by atoms with Gasteiger partial charge >= 0.3 is 5.69 Å². The van der Waals surface area contributed by atoms with Crippen molar-refractivity contribution in [2.45, 2.75) is 32.9 Å². The van der Waals surface area contributed by atoms with Crippen LogP contribution in [0.5, 0.6) is 5.75 Å². The van der Waals surface area contributed by atoms with E-state index in [0.717, 1.165) is 38.2 Å². The molecule has 1 aliphatic rings. The molecule has 4 rings (SSSR count). The van der Waals surface area contributed by atoms with Gasteiger partial charge in [-0.25, -0.2) is 9.78 Å². The number of carbonyl (C=O) groups excluding carboxylic acids is 1. The molecular formula is C24H29N5O4. The first-order chi connectivity index (χ1) is 16.0. The van der Waals surface area contributed by atoms with Crippen molar-refractivity contribution in [3.05, 3.63) is 68.5 Å². The van der Waals surface area contributed by atoms with Crippen molar-refractivity contribution in [1.29, 1.82) is 0 Å². The van der Waals surface area contributed by atoms with E-state index in [1.807, 2.05) is 24.0 Å². The number of fused-ring (bicyclic) bond motifs is 1. The Kier molecular flexibility index (Phi) is 6.88. The predicted octanol–water partition coefficient (Wildman–Crippen LogP) is 1.85. The number of nitrogens with one attached hydrogen (secondary N) is 1. The lowest BCUT2D eigenvalue weighted by molar-refractivity contribution is 0.0761. The van der Waals surface area contributed by atoms with Gasteiger partial charge in [0.1, 0.15) is 11.4 Å². The quantitative estimate of drug-likeness (QED) is 0.614. The summed E-state index contributed by atoms with van der Waals surface area (Å²) in [5, 5.41) is 0.254. The summed E-state index contributed by atoms with van der Waals surface area (Å²) in [6.45, 7) is 6.10. The number of nitrogens with zero attached hydrogens (tertiary/aromatic N) is 4. The zero-order valence-electron chi connectivity index (χ0n) is 19.0. The minimum absolute atomic E-state index is 0.150. The topological polar surface area (TPSA) is 101 Å². The molecule has 0 saturated carbocycles. The summed E-state index contributed by atoms with van der Waals surface area (Å²) in [5.41, 5.74) is 0.866. The first kappa shape index (κ1) is 22.7. The fraction of sp³-hybridized carbons (Fsp3) is 0.417. The number of H-pyrrole nitrogens is 1. The molecule has 174 valence electrons. The van der Waals surface area contributed by atoms with Crippen LogP contribution in [0.1, 0.15) is 35.7 Å². The standard InChI is InChI=1S/C24H29N5O4/c1-3-9-29-21-20(22(30)26-24(29)32)14-18(15-25-21)23(31)28-11-4-10-27(12-13-28)16-17-5-7-19(33-2)8-6-17/h5-8,14-15H,3-4,9-13,16H2,1-2H3,(H,26,30,32). The normalized spacial score (nSPS) is 14.9. The Morgan fingerprint density at radius 3 is 2.64 bits per heavy atom. The maximum absolute atomic E-state index is 13.2. The highest BCUT2D eigenvalue weighted by molar-refractivity contribution is 5.96. The molecule has 3 heterocycles. The van der Waals surface area contributed by atoms with Crippen LogP contribution in [0, 0.1) is 0 Å². The zero-order chi connectivity index (χ0) is 23.4. The number of aryl methyl sites for hydroxylation is 1. The highest BCUT2D eigenvalue weighted by atomic mass is 16.5. The minimum atomic E-state index is -0.522. The van der Waals surface area contributed by atoms with Crippen LogP contribution in [-0.2, 0) is 13.1 Å². The van der Waals surface area contributed by atoms with Crippen LogP contribution in [-0.4, -0.2) is 63.5 Å². The highest BCUT2D eigenvalue weighted by Crippen LogP contribution is 2.16. The second-order valence-corrected chi connectivity index (χ2v) is 8.28. The van der Waals surface area contributed by atoms with Crippen molar-refractivity contribution in [3.63, 3.8) is 0 Å². The maximum atomic E-state index is 13.2. The third-order valence-corrected chi connectivity index (χ3v) is 5.97. The number of rotatable bonds is 6. The van der Waals surface area contributed by atoms with Crippen LogP contribution in [0.25, 0.3) is 11.0 Å². The second-order valence-electron chi connectivity index (χ2n) is 8.28. The SMILES string of the molecule is CCCn1c(=O)[nH]c(=O)c2cc(C(=O)N3CCCN(Cc4ccc(OC)cc4)CC3)cnc21. The van der Waals surface area contributed by atoms with Gasteiger partial charge in [0, 0.05) is 45.5 Å². The zero-order valence-corrected chi connectivity index (χ0v) is 19.0. The van der Waals surface area contributed by atoms with Gasteiger partial charge in [-0.15, -0.1) is 0 Å². The molecule has 9 heteroatoms. The summed E-state index contributed by atoms with van der Waals surface area (Å²) >= 11 is 0. The Morgan fingerprint density at radius 1 is 1.12 bits per heavy atom. The Morgan fingerprint density at radius 2 is 1.91 bits per heavy atom. The van der Waals surface area contributed by atoms with E-state index in [4.69, 9.17) is 4.74 Å². The number of carbonyl (C=O) groups is 1. The third kappa shape index (κ3) is 4.98. The van der Waals surface area contributed by atoms with Crippen LogP contribution < -0.4 is 16.0 Å². The fourth-order valence-electron chi connectivity index (χ4n) is 4.22. The Hall–Kier alpha value is -3.46. The number of hydrogen-bond acceptors (Lipinski definition) is 6. The first-order valence-electron chi connectivity index (χ1n) is 11.3. The maximum Gasteiger partial charge on any atom is 0.329 e. The average Bonchev–Trinajstić information content (AvgIpc) is 3.07. The smallest absolute Gasteiger partial charge is 0.329 e. The van der Waals surface area contributed by atoms with Crippen molar-refractivity contribution in [1.82, 2.24) is 24.3 Å². The van der Waals surface area contributed by atoms with Crippen molar-refractivity contribution >= 4 is 16.9 Å². The summed E-state index contributed by atoms with van der Waals surface area (Å²) in [6.07, 6.45) is 3.06. The van der Waals surface area contributed by atoms with E-state index < -0.39 is 11.2 Å². The van der Waals surface area contributed by atoms with Crippen LogP contribution >= 0.6 is 0 Å². The van der Waals surface area contributed by atoms with E-state index in [9.17, 15) is 14.4 Å². The largest absolute Gasteiger partial charge is 0.497 e. The minimum Gasteiger partial charge on any atom is -0.497 e. The summed E-state index contributed by atoms with van der Waals surface area (Å²) in [6, 6.07) is 9.58. The molecule has 1 amide bonds. The Bertz CT molecular complexity index is 1250. The summed E-state index contributed by atoms with van der Waals surface area (Å²) in [7, 11) is 1.65. The van der Waals surface area contributed by atoms with Crippen molar-refractivity contribution in [2.75, 3.05) is 33.3 Å². The molecule has 0 aliphatic carbocycles. The van der Waals surface area contributed by atoms with Gasteiger partial charge in [0.15, 0.2) is 0 Å². The third-order valence-electron chi connectivity index (χ3n) is 5.97. The molecule has 1 fully saturated rings. The number of aromatic nitrogens is 3. The van der Waals surface area contributed by atoms with E-state index in [1.165, 1.54) is 16.3 Å². The molecule has 0 radical (unpaired) electrons. The van der Waals surface area contributed by atoms with E-state index in [0.29, 0.717) is 30.8 Å². The number of pyridine rings is 1. The summed E-state index contributed by atoms with van der Waals surface area (Å²) < 4.78 is 6.66. The van der Waals surface area contributed by atoms with E-state index in [-0.39, 0.29) is 11.3 Å². The molecule has 2 aromatic heterocycles. The average molecular weight is 452 g/mol. The van der Waals surface area contributed by atoms with Gasteiger partial charge in [0.25, 0.3) is 11.5 Å². The Balaban J connectivity index is 1.48. The number of benzene rings is 1. The predicted molar refractivity (Wildman–Crippen MR) is 126 cm³/mol. The van der Waals surface area contributed by atoms with Gasteiger partial charge in [-0.05, 0) is 36.6 Å². The number of methoxy groups -OCH3 is 1. The van der Waals surface area contributed by atoms with Crippen LogP contribution in [0.4, 0.5) is 0 Å². The lowest BCUT2D eigenvalue weighted by Crippen LogP contribution is -2.35. The highest BCUT2D eigenvalue weighted by Gasteiger charge is 2.22. The van der Waals surface area contributed by atoms with Gasteiger partial charge in [-0.1, -0.05) is 19.1 Å². The molecule has 0 spiro atoms. The van der Waals surface area contributed by atoms with Gasteiger partial charge in [-0.2, -0.15) is 0 Å². The van der Waals surface area contributed by atoms with Crippen LogP contribution in [0.2, 0.25) is 0 Å². The lowest BCUT2D eigenvalue weighted by atomic mass is 10.2. The number of aromatic amines is 1. The van der Waals surface area contributed by atoms with Gasteiger partial charge in [0.05, 0.1) is 18.1 Å². The molecule has 33 heavy (non-hydrogen) atoms. The molecule has 0 unspecified atom stereocenters. The van der Waals surface area contributed by atoms with E-state index in [2.05, 4.69) is 27.0 Å². The molecule has 1 saturated heterocycles. The first-order valence-corrected chi connectivity index (χ1v) is 11.3. The second kappa shape index (κ2) is 9.99. The molecule has 3 aromatic rings. The number of hydrogen-bond donors (Lipinski definition) is 1. The van der Waals surface area contributed by atoms with Gasteiger partial charge < -0.3 is 9.64 Å². The molecule has 1 aromatic carbocycles. The number of ether oxygens (including phenoxy) is 1. The molecule has 0 bridgehead atoms. The molecule has 0 atom stereocenters. The lowest BCUT2D eigenvalue weighted by Gasteiger charge is -2.22. The Labute approximate surface area is 191 Å². The van der Waals surface area contributed by atoms with Crippen molar-refractivity contribution < 1.29 is 9.53 Å². The molecule has 1 aliphatic heterocycles. The fourth-order valence-corrected chi connectivity index (χ4v) is 4.22. The van der Waals surface area contributed by atoms with E-state index in [1.54, 1.807) is 13.2 Å². The van der Waals surface area contributed by atoms with Crippen molar-refractivity contribution in [2.24, 2.45) is 0 Å². The monoisotopic (exact) mass is 451 g/mol. The number of amides is 1. The van der Waals surface area contributed by atoms with Crippen LogP contribution in [0.15, 0.2) is 46.1 Å². The summed E-state index contributed by atoms with van der Waals surface area (Å²) in [5.74, 6) is 0.684. The summed E-state index contributed by atoms with van der Waals surface area (Å²) in [4.78, 5) is 48.5.